The second kappa shape index (κ2) is 13.3. The minimum atomic E-state index is 0.452. The summed E-state index contributed by atoms with van der Waals surface area (Å²) in [5, 5.41) is 25.9. The van der Waals surface area contributed by atoms with Crippen molar-refractivity contribution in [3.63, 3.8) is 0 Å². The van der Waals surface area contributed by atoms with Crippen LogP contribution in [0.25, 0.3) is 38.3 Å². The molecule has 5 heteroatoms. The van der Waals surface area contributed by atoms with E-state index in [4.69, 9.17) is 0 Å². The van der Waals surface area contributed by atoms with Crippen LogP contribution < -0.4 is 9.80 Å². The predicted molar refractivity (Wildman–Crippen MR) is 217 cm³/mol. The molecule has 0 fully saturated rings. The van der Waals surface area contributed by atoms with Gasteiger partial charge in [0.05, 0.1) is 33.5 Å². The topological polar surface area (TPSA) is 59.0 Å². The smallest absolute Gasteiger partial charge is 0.101 e. The van der Waals surface area contributed by atoms with E-state index in [1.54, 1.807) is 12.1 Å². The minimum Gasteiger partial charge on any atom is -0.311 e. The van der Waals surface area contributed by atoms with Crippen LogP contribution in [0.3, 0.4) is 0 Å². The third-order valence-electron chi connectivity index (χ3n) is 9.81. The molecule has 8 aromatic carbocycles. The molecule has 0 bridgehead atoms. The van der Waals surface area contributed by atoms with Crippen LogP contribution in [-0.2, 0) is 0 Å². The zero-order chi connectivity index (χ0) is 35.7. The first kappa shape index (κ1) is 31.4. The molecule has 0 aliphatic rings. The lowest BCUT2D eigenvalue weighted by Crippen LogP contribution is -2.16. The molecule has 9 rings (SSSR count). The molecule has 0 amide bonds. The van der Waals surface area contributed by atoms with Crippen LogP contribution in [0.5, 0.6) is 0 Å². The number of hydrogen-bond acceptors (Lipinski definition) is 4. The lowest BCUT2D eigenvalue weighted by molar-refractivity contribution is 1.13. The Morgan fingerprint density at radius 3 is 1.42 bits per heavy atom. The van der Waals surface area contributed by atoms with Gasteiger partial charge in [-0.05, 0) is 95.7 Å². The molecule has 0 saturated heterocycles. The Bertz CT molecular complexity index is 2770. The highest BCUT2D eigenvalue weighted by Crippen LogP contribution is 2.46. The average Bonchev–Trinajstić information content (AvgIpc) is 3.56. The van der Waals surface area contributed by atoms with E-state index >= 15 is 0 Å². The second-order valence-corrected chi connectivity index (χ2v) is 12.8. The Kier molecular flexibility index (Phi) is 7.86. The monoisotopic (exact) mass is 677 g/mol. The van der Waals surface area contributed by atoms with Crippen molar-refractivity contribution in [2.45, 2.75) is 0 Å². The first-order valence-corrected chi connectivity index (χ1v) is 17.5. The van der Waals surface area contributed by atoms with Crippen molar-refractivity contribution in [2.24, 2.45) is 0 Å². The van der Waals surface area contributed by atoms with Gasteiger partial charge in [0, 0.05) is 39.2 Å². The Morgan fingerprint density at radius 2 is 0.830 bits per heavy atom. The standard InChI is InChI=1S/C48H31N5/c49-32-36-23-24-37(33-50)48(53-45-21-11-9-19-43(45)44-20-10-12-22-46(44)53)47(36)52(42-26-25-34-13-7-8-14-35(34)31-42)41-29-27-40(28-30-41)51(38-15-3-1-4-16-38)39-17-5-2-6-18-39/h1-31H. The van der Waals surface area contributed by atoms with E-state index < -0.39 is 0 Å². The number of benzene rings is 8. The summed E-state index contributed by atoms with van der Waals surface area (Å²) >= 11 is 0. The van der Waals surface area contributed by atoms with Gasteiger partial charge >= 0.3 is 0 Å². The van der Waals surface area contributed by atoms with Crippen LogP contribution in [0.2, 0.25) is 0 Å². The molecule has 0 aliphatic heterocycles. The van der Waals surface area contributed by atoms with Crippen molar-refractivity contribution < 1.29 is 0 Å². The Labute approximate surface area is 307 Å². The lowest BCUT2D eigenvalue weighted by Gasteiger charge is -2.31. The van der Waals surface area contributed by atoms with E-state index in [0.717, 1.165) is 61.0 Å². The normalized spacial score (nSPS) is 11.0. The summed E-state index contributed by atoms with van der Waals surface area (Å²) in [6, 6.07) is 68.7. The van der Waals surface area contributed by atoms with E-state index in [9.17, 15) is 10.5 Å². The molecule has 53 heavy (non-hydrogen) atoms. The Hall–Kier alpha value is -7.60. The quantitative estimate of drug-likeness (QED) is 0.168. The van der Waals surface area contributed by atoms with Crippen LogP contribution in [0.15, 0.2) is 188 Å². The van der Waals surface area contributed by atoms with Gasteiger partial charge in [0.2, 0.25) is 0 Å². The zero-order valence-corrected chi connectivity index (χ0v) is 28.6. The zero-order valence-electron chi connectivity index (χ0n) is 28.6. The number of para-hydroxylation sites is 4. The molecule has 1 aromatic heterocycles. The number of rotatable bonds is 7. The third-order valence-corrected chi connectivity index (χ3v) is 9.81. The van der Waals surface area contributed by atoms with Crippen LogP contribution in [-0.4, -0.2) is 4.57 Å². The van der Waals surface area contributed by atoms with Gasteiger partial charge in [-0.2, -0.15) is 10.5 Å². The summed E-state index contributed by atoms with van der Waals surface area (Å²) in [6.07, 6.45) is 0. The number of fused-ring (bicyclic) bond motifs is 4. The first-order valence-electron chi connectivity index (χ1n) is 17.5. The van der Waals surface area contributed by atoms with Gasteiger partial charge in [-0.3, -0.25) is 0 Å². The van der Waals surface area contributed by atoms with Crippen LogP contribution in [0, 0.1) is 22.7 Å². The van der Waals surface area contributed by atoms with Crippen molar-refractivity contribution in [2.75, 3.05) is 9.80 Å². The fourth-order valence-electron chi connectivity index (χ4n) is 7.45. The lowest BCUT2D eigenvalue weighted by atomic mass is 10.0. The van der Waals surface area contributed by atoms with Gasteiger partial charge < -0.3 is 14.4 Å². The van der Waals surface area contributed by atoms with E-state index in [1.807, 2.05) is 72.8 Å². The fourth-order valence-corrected chi connectivity index (χ4v) is 7.45. The van der Waals surface area contributed by atoms with Crippen molar-refractivity contribution >= 4 is 66.7 Å². The summed E-state index contributed by atoms with van der Waals surface area (Å²) < 4.78 is 2.15. The molecule has 5 nitrogen and oxygen atoms in total. The van der Waals surface area contributed by atoms with Gasteiger partial charge in [-0.25, -0.2) is 0 Å². The Balaban J connectivity index is 1.33. The molecule has 0 aliphatic carbocycles. The third kappa shape index (κ3) is 5.42. The SMILES string of the molecule is N#Cc1ccc(C#N)c(-n2c3ccccc3c3ccccc32)c1N(c1ccc(N(c2ccccc2)c2ccccc2)cc1)c1ccc2ccccc2c1. The van der Waals surface area contributed by atoms with Gasteiger partial charge in [0.15, 0.2) is 0 Å². The number of aromatic nitrogens is 1. The van der Waals surface area contributed by atoms with Crippen LogP contribution in [0.4, 0.5) is 34.1 Å². The largest absolute Gasteiger partial charge is 0.311 e. The summed E-state index contributed by atoms with van der Waals surface area (Å²) in [4.78, 5) is 4.36. The van der Waals surface area contributed by atoms with Crippen molar-refractivity contribution in [3.8, 4) is 17.8 Å². The highest BCUT2D eigenvalue weighted by molar-refractivity contribution is 6.10. The maximum absolute atomic E-state index is 10.8. The first-order chi connectivity index (χ1) is 26.2. The number of hydrogen-bond donors (Lipinski definition) is 0. The van der Waals surface area contributed by atoms with Crippen molar-refractivity contribution in [1.82, 2.24) is 4.57 Å². The van der Waals surface area contributed by atoms with E-state index in [2.05, 4.69) is 130 Å². The van der Waals surface area contributed by atoms with Crippen molar-refractivity contribution in [3.05, 3.63) is 199 Å². The van der Waals surface area contributed by atoms with Gasteiger partial charge in [-0.15, -0.1) is 0 Å². The maximum Gasteiger partial charge on any atom is 0.101 e. The molecule has 248 valence electrons. The average molecular weight is 678 g/mol. The summed E-state index contributed by atoms with van der Waals surface area (Å²) in [5.41, 5.74) is 8.89. The van der Waals surface area contributed by atoms with E-state index in [1.165, 1.54) is 0 Å². The number of anilines is 6. The number of nitriles is 2. The van der Waals surface area contributed by atoms with Crippen LogP contribution >= 0.6 is 0 Å². The highest BCUT2D eigenvalue weighted by atomic mass is 15.2. The molecule has 0 unspecified atom stereocenters. The predicted octanol–water partition coefficient (Wildman–Crippen LogP) is 12.6. The summed E-state index contributed by atoms with van der Waals surface area (Å²) in [5.74, 6) is 0. The molecule has 0 atom stereocenters. The van der Waals surface area contributed by atoms with E-state index in [-0.39, 0.29) is 0 Å². The maximum atomic E-state index is 10.8. The van der Waals surface area contributed by atoms with Crippen LogP contribution in [0.1, 0.15) is 11.1 Å². The van der Waals surface area contributed by atoms with E-state index in [0.29, 0.717) is 22.5 Å². The summed E-state index contributed by atoms with van der Waals surface area (Å²) in [7, 11) is 0. The van der Waals surface area contributed by atoms with Crippen molar-refractivity contribution in [1.29, 1.82) is 10.5 Å². The Morgan fingerprint density at radius 1 is 0.377 bits per heavy atom. The molecular weight excluding hydrogens is 647 g/mol. The molecule has 1 heterocycles. The number of nitrogens with zero attached hydrogens (tertiary/aromatic N) is 5. The van der Waals surface area contributed by atoms with Gasteiger partial charge in [-0.1, -0.05) is 103 Å². The molecule has 0 radical (unpaired) electrons. The minimum absolute atomic E-state index is 0.452. The summed E-state index contributed by atoms with van der Waals surface area (Å²) in [6.45, 7) is 0. The highest BCUT2D eigenvalue weighted by Gasteiger charge is 2.27. The molecule has 0 N–H and O–H groups in total. The molecular formula is C48H31N5. The molecule has 0 spiro atoms. The fraction of sp³-hybridized carbons (Fsp3) is 0. The molecule has 0 saturated carbocycles. The van der Waals surface area contributed by atoms with Gasteiger partial charge in [0.1, 0.15) is 12.1 Å². The second-order valence-electron chi connectivity index (χ2n) is 12.8. The molecule has 9 aromatic rings. The van der Waals surface area contributed by atoms with Gasteiger partial charge in [0.25, 0.3) is 0 Å².